The highest BCUT2D eigenvalue weighted by molar-refractivity contribution is 6.32. The van der Waals surface area contributed by atoms with Gasteiger partial charge in [-0.1, -0.05) is 11.6 Å². The SMILES string of the molecule is O=[N+]([O-])c1ccc(OC2OC(CO)C(O)C(OC3OC(CO)C(O)C(O)C3O)C2O)c(Cl)c1. The van der Waals surface area contributed by atoms with Crippen molar-refractivity contribution in [1.82, 2.24) is 0 Å². The van der Waals surface area contributed by atoms with Crippen LogP contribution in [-0.4, -0.2) is 115 Å². The zero-order chi connectivity index (χ0) is 24.4. The number of ether oxygens (including phenoxy) is 4. The minimum atomic E-state index is -1.82. The first-order valence-electron chi connectivity index (χ1n) is 9.78. The summed E-state index contributed by atoms with van der Waals surface area (Å²) < 4.78 is 21.5. The smallest absolute Gasteiger partial charge is 0.271 e. The van der Waals surface area contributed by atoms with E-state index in [2.05, 4.69) is 0 Å². The minimum absolute atomic E-state index is 0.119. The van der Waals surface area contributed by atoms with Crippen LogP contribution in [0.5, 0.6) is 5.75 Å². The molecule has 15 heteroatoms. The van der Waals surface area contributed by atoms with E-state index in [0.717, 1.165) is 18.2 Å². The van der Waals surface area contributed by atoms with Gasteiger partial charge in [0.05, 0.1) is 23.2 Å². The Morgan fingerprint density at radius 1 is 0.909 bits per heavy atom. The molecule has 10 unspecified atom stereocenters. The monoisotopic (exact) mass is 497 g/mol. The van der Waals surface area contributed by atoms with Gasteiger partial charge in [-0.3, -0.25) is 10.1 Å². The molecule has 14 nitrogen and oxygen atoms in total. The summed E-state index contributed by atoms with van der Waals surface area (Å²) >= 11 is 5.99. The summed E-state index contributed by atoms with van der Waals surface area (Å²) in [7, 11) is 0. The van der Waals surface area contributed by atoms with Crippen molar-refractivity contribution in [3.63, 3.8) is 0 Å². The molecule has 7 N–H and O–H groups in total. The van der Waals surface area contributed by atoms with Crippen LogP contribution < -0.4 is 4.74 Å². The Kier molecular flexibility index (Phi) is 8.41. The second-order valence-corrected chi connectivity index (χ2v) is 7.90. The summed E-state index contributed by atoms with van der Waals surface area (Å²) in [5.41, 5.74) is -0.315. The maximum atomic E-state index is 10.9. The molecule has 1 aromatic carbocycles. The zero-order valence-corrected chi connectivity index (χ0v) is 17.6. The Hall–Kier alpha value is -1.69. The van der Waals surface area contributed by atoms with E-state index in [1.807, 2.05) is 0 Å². The largest absolute Gasteiger partial charge is 0.460 e. The first-order chi connectivity index (χ1) is 15.6. The van der Waals surface area contributed by atoms with Crippen molar-refractivity contribution < 1.29 is 59.6 Å². The second-order valence-electron chi connectivity index (χ2n) is 7.49. The maximum Gasteiger partial charge on any atom is 0.271 e. The van der Waals surface area contributed by atoms with Crippen molar-refractivity contribution in [2.45, 2.75) is 61.4 Å². The number of halogens is 1. The number of nitro benzene ring substituents is 1. The van der Waals surface area contributed by atoms with Crippen LogP contribution in [0, 0.1) is 10.1 Å². The van der Waals surface area contributed by atoms with Crippen molar-refractivity contribution in [2.75, 3.05) is 13.2 Å². The molecule has 2 saturated heterocycles. The van der Waals surface area contributed by atoms with Crippen LogP contribution in [0.15, 0.2) is 18.2 Å². The first-order valence-corrected chi connectivity index (χ1v) is 10.2. The lowest BCUT2D eigenvalue weighted by molar-refractivity contribution is -0.384. The predicted octanol–water partition coefficient (Wildman–Crippen LogP) is -2.75. The summed E-state index contributed by atoms with van der Waals surface area (Å²) in [6, 6.07) is 3.26. The van der Waals surface area contributed by atoms with Gasteiger partial charge in [-0.2, -0.15) is 0 Å². The average molecular weight is 498 g/mol. The van der Waals surface area contributed by atoms with Crippen molar-refractivity contribution in [3.05, 3.63) is 33.3 Å². The number of aliphatic hydroxyl groups is 7. The highest BCUT2D eigenvalue weighted by Gasteiger charge is 2.51. The lowest BCUT2D eigenvalue weighted by Gasteiger charge is -2.45. The molecular formula is C18H24ClNO13. The number of non-ortho nitro benzene ring substituents is 1. The molecule has 0 saturated carbocycles. The van der Waals surface area contributed by atoms with E-state index in [9.17, 15) is 45.9 Å². The summed E-state index contributed by atoms with van der Waals surface area (Å²) in [6.07, 6.45) is -16.2. The van der Waals surface area contributed by atoms with Gasteiger partial charge in [-0.15, -0.1) is 0 Å². The molecule has 10 atom stereocenters. The summed E-state index contributed by atoms with van der Waals surface area (Å²) in [5.74, 6) is -0.119. The zero-order valence-electron chi connectivity index (χ0n) is 16.8. The van der Waals surface area contributed by atoms with Gasteiger partial charge in [-0.05, 0) is 6.07 Å². The number of rotatable bonds is 7. The standard InChI is InChI=1S/C18H24ClNO13/c19-7-3-6(20(28)29)1-2-8(7)30-18-15(27)16(12(24)10(5-22)32-18)33-17-14(26)13(25)11(23)9(4-21)31-17/h1-3,9-18,21-27H,4-5H2. The van der Waals surface area contributed by atoms with Crippen molar-refractivity contribution in [2.24, 2.45) is 0 Å². The minimum Gasteiger partial charge on any atom is -0.460 e. The molecule has 0 aromatic heterocycles. The fourth-order valence-corrected chi connectivity index (χ4v) is 3.69. The Labute approximate surface area is 191 Å². The lowest BCUT2D eigenvalue weighted by Crippen LogP contribution is -2.65. The summed E-state index contributed by atoms with van der Waals surface area (Å²) in [5, 5.41) is 80.7. The van der Waals surface area contributed by atoms with E-state index in [0.29, 0.717) is 0 Å². The highest BCUT2D eigenvalue weighted by atomic mass is 35.5. The normalized spacial score (nSPS) is 39.3. The Bertz CT molecular complexity index is 829. The Morgan fingerprint density at radius 2 is 1.52 bits per heavy atom. The molecule has 2 heterocycles. The van der Waals surface area contributed by atoms with Crippen LogP contribution in [0.3, 0.4) is 0 Å². The number of hydrogen-bond donors (Lipinski definition) is 7. The molecule has 0 spiro atoms. The molecule has 0 radical (unpaired) electrons. The Morgan fingerprint density at radius 3 is 2.09 bits per heavy atom. The van der Waals surface area contributed by atoms with Gasteiger partial charge in [-0.25, -0.2) is 0 Å². The molecule has 0 bridgehead atoms. The second kappa shape index (κ2) is 10.7. The van der Waals surface area contributed by atoms with Gasteiger partial charge in [0.2, 0.25) is 6.29 Å². The molecule has 0 aliphatic carbocycles. The molecule has 186 valence electrons. The van der Waals surface area contributed by atoms with Gasteiger partial charge in [0, 0.05) is 12.1 Å². The number of hydrogen-bond acceptors (Lipinski definition) is 13. The maximum absolute atomic E-state index is 10.9. The van der Waals surface area contributed by atoms with Gasteiger partial charge >= 0.3 is 0 Å². The molecule has 2 fully saturated rings. The predicted molar refractivity (Wildman–Crippen MR) is 105 cm³/mol. The Balaban J connectivity index is 1.80. The van der Waals surface area contributed by atoms with Gasteiger partial charge in [0.1, 0.15) is 54.6 Å². The van der Waals surface area contributed by atoms with Crippen LogP contribution in [0.2, 0.25) is 5.02 Å². The topological polar surface area (TPSA) is 222 Å². The van der Waals surface area contributed by atoms with Gasteiger partial charge < -0.3 is 54.7 Å². The third-order valence-electron chi connectivity index (χ3n) is 5.33. The first kappa shape index (κ1) is 25.9. The molecule has 1 aromatic rings. The molecule has 2 aliphatic heterocycles. The van der Waals surface area contributed by atoms with Crippen molar-refractivity contribution in [1.29, 1.82) is 0 Å². The fourth-order valence-electron chi connectivity index (χ4n) is 3.47. The number of aliphatic hydroxyl groups excluding tert-OH is 7. The van der Waals surface area contributed by atoms with E-state index < -0.39 is 79.5 Å². The van der Waals surface area contributed by atoms with Crippen LogP contribution >= 0.6 is 11.6 Å². The fraction of sp³-hybridized carbons (Fsp3) is 0.667. The van der Waals surface area contributed by atoms with Gasteiger partial charge in [0.25, 0.3) is 5.69 Å². The number of benzene rings is 1. The van der Waals surface area contributed by atoms with Crippen LogP contribution in [0.25, 0.3) is 0 Å². The van der Waals surface area contributed by atoms with E-state index >= 15 is 0 Å². The van der Waals surface area contributed by atoms with Crippen molar-refractivity contribution in [3.8, 4) is 5.75 Å². The third kappa shape index (κ3) is 5.36. The number of nitro groups is 1. The lowest BCUT2D eigenvalue weighted by atomic mass is 9.97. The molecule has 2 aliphatic rings. The van der Waals surface area contributed by atoms with Crippen molar-refractivity contribution >= 4 is 17.3 Å². The van der Waals surface area contributed by atoms with E-state index in [4.69, 9.17) is 30.5 Å². The van der Waals surface area contributed by atoms with Crippen LogP contribution in [0.1, 0.15) is 0 Å². The molecular weight excluding hydrogens is 474 g/mol. The van der Waals surface area contributed by atoms with E-state index in [1.54, 1.807) is 0 Å². The molecule has 0 amide bonds. The molecule has 3 rings (SSSR count). The quantitative estimate of drug-likeness (QED) is 0.150. The van der Waals surface area contributed by atoms with E-state index in [-0.39, 0.29) is 16.5 Å². The summed E-state index contributed by atoms with van der Waals surface area (Å²) in [4.78, 5) is 10.2. The average Bonchev–Trinajstić information content (AvgIpc) is 2.79. The highest BCUT2D eigenvalue weighted by Crippen LogP contribution is 2.34. The van der Waals surface area contributed by atoms with Crippen LogP contribution in [0.4, 0.5) is 5.69 Å². The van der Waals surface area contributed by atoms with E-state index in [1.165, 1.54) is 0 Å². The van der Waals surface area contributed by atoms with Crippen LogP contribution in [-0.2, 0) is 14.2 Å². The van der Waals surface area contributed by atoms with Gasteiger partial charge in [0.15, 0.2) is 6.29 Å². The summed E-state index contributed by atoms with van der Waals surface area (Å²) in [6.45, 7) is -1.47. The number of nitrogens with zero attached hydrogens (tertiary/aromatic N) is 1. The third-order valence-corrected chi connectivity index (χ3v) is 5.63. The molecule has 33 heavy (non-hydrogen) atoms.